The smallest absolute Gasteiger partial charge is 0.246 e. The van der Waals surface area contributed by atoms with E-state index in [9.17, 15) is 8.42 Å². The molecule has 0 aliphatic heterocycles. The topological polar surface area (TPSA) is 89.4 Å². The first-order valence-corrected chi connectivity index (χ1v) is 8.11. The summed E-state index contributed by atoms with van der Waals surface area (Å²) >= 11 is 0. The largest absolute Gasteiger partial charge is 0.464 e. The van der Waals surface area contributed by atoms with Crippen LogP contribution in [0.2, 0.25) is 0 Å². The number of aryl methyl sites for hydroxylation is 1. The predicted molar refractivity (Wildman–Crippen MR) is 78.8 cm³/mol. The monoisotopic (exact) mass is 309 g/mol. The molecule has 2 heterocycles. The van der Waals surface area contributed by atoms with E-state index < -0.39 is 10.0 Å². The minimum absolute atomic E-state index is 0.173. The number of rotatable bonds is 6. The Hall–Kier alpha value is -1.70. The fourth-order valence-electron chi connectivity index (χ4n) is 2.08. The van der Waals surface area contributed by atoms with Crippen LogP contribution >= 0.6 is 0 Å². The Morgan fingerprint density at radius 1 is 1.33 bits per heavy atom. The van der Waals surface area contributed by atoms with Gasteiger partial charge >= 0.3 is 0 Å². The molecule has 7 heteroatoms. The first-order valence-electron chi connectivity index (χ1n) is 6.67. The number of hydrogen-bond acceptors (Lipinski definition) is 5. The van der Waals surface area contributed by atoms with Gasteiger partial charge in [0.1, 0.15) is 16.4 Å². The first-order chi connectivity index (χ1) is 9.98. The molecule has 0 spiro atoms. The van der Waals surface area contributed by atoms with Gasteiger partial charge in [0.25, 0.3) is 0 Å². The highest BCUT2D eigenvalue weighted by Crippen LogP contribution is 2.24. The van der Waals surface area contributed by atoms with Gasteiger partial charge in [-0.2, -0.15) is 4.31 Å². The molecule has 21 heavy (non-hydrogen) atoms. The minimum Gasteiger partial charge on any atom is -0.464 e. The minimum atomic E-state index is -3.61. The summed E-state index contributed by atoms with van der Waals surface area (Å²) in [6, 6.07) is 5.09. The lowest BCUT2D eigenvalue weighted by atomic mass is 10.3. The van der Waals surface area contributed by atoms with Gasteiger partial charge < -0.3 is 10.2 Å². The summed E-state index contributed by atoms with van der Waals surface area (Å²) in [6.07, 6.45) is 3.29. The second-order valence-corrected chi connectivity index (χ2v) is 6.53. The van der Waals surface area contributed by atoms with Gasteiger partial charge in [0.15, 0.2) is 0 Å². The lowest BCUT2D eigenvalue weighted by molar-refractivity contribution is 0.420. The van der Waals surface area contributed by atoms with Crippen molar-refractivity contribution in [3.63, 3.8) is 0 Å². The van der Waals surface area contributed by atoms with E-state index in [0.717, 1.165) is 5.56 Å². The molecule has 0 aliphatic carbocycles. The molecule has 2 aromatic heterocycles. The van der Waals surface area contributed by atoms with E-state index in [0.29, 0.717) is 24.6 Å². The number of hydrogen-bond donors (Lipinski definition) is 1. The third-order valence-corrected chi connectivity index (χ3v) is 5.23. The highest BCUT2D eigenvalue weighted by atomic mass is 32.2. The Kier molecular flexibility index (Phi) is 4.76. The molecule has 0 aromatic carbocycles. The van der Waals surface area contributed by atoms with Gasteiger partial charge in [-0.3, -0.25) is 4.98 Å². The number of sulfonamides is 1. The molecule has 0 atom stereocenters. The first kappa shape index (κ1) is 15.7. The summed E-state index contributed by atoms with van der Waals surface area (Å²) in [5.74, 6) is 0.828. The molecule has 2 rings (SSSR count). The quantitative estimate of drug-likeness (QED) is 0.876. The van der Waals surface area contributed by atoms with Crippen molar-refractivity contribution in [1.82, 2.24) is 9.29 Å². The van der Waals surface area contributed by atoms with Crippen LogP contribution in [-0.4, -0.2) is 24.3 Å². The van der Waals surface area contributed by atoms with Gasteiger partial charge in [-0.15, -0.1) is 0 Å². The Balaban J connectivity index is 2.33. The second-order valence-electron chi connectivity index (χ2n) is 4.62. The SMILES string of the molecule is CCN(Cc1ccncc1)S(=O)(=O)c1cc(CN)oc1C. The number of nitrogens with zero attached hydrogens (tertiary/aromatic N) is 2. The molecule has 0 bridgehead atoms. The molecule has 0 amide bonds. The zero-order valence-corrected chi connectivity index (χ0v) is 12.9. The van der Waals surface area contributed by atoms with Gasteiger partial charge in [-0.25, -0.2) is 8.42 Å². The van der Waals surface area contributed by atoms with Gasteiger partial charge in [0.05, 0.1) is 6.54 Å². The Labute approximate surface area is 124 Å². The second kappa shape index (κ2) is 6.38. The molecule has 0 fully saturated rings. The molecule has 6 nitrogen and oxygen atoms in total. The van der Waals surface area contributed by atoms with E-state index in [1.807, 2.05) is 0 Å². The van der Waals surface area contributed by atoms with Gasteiger partial charge in [-0.05, 0) is 24.6 Å². The number of pyridine rings is 1. The number of aromatic nitrogens is 1. The molecule has 0 aliphatic rings. The molecular weight excluding hydrogens is 290 g/mol. The van der Waals surface area contributed by atoms with E-state index in [4.69, 9.17) is 10.2 Å². The van der Waals surface area contributed by atoms with E-state index in [1.165, 1.54) is 10.4 Å². The van der Waals surface area contributed by atoms with Crippen molar-refractivity contribution in [3.05, 3.63) is 47.7 Å². The summed E-state index contributed by atoms with van der Waals surface area (Å²) in [5.41, 5.74) is 6.38. The van der Waals surface area contributed by atoms with Crippen LogP contribution in [-0.2, 0) is 23.1 Å². The van der Waals surface area contributed by atoms with Gasteiger partial charge in [-0.1, -0.05) is 6.92 Å². The maximum atomic E-state index is 12.7. The Morgan fingerprint density at radius 3 is 2.52 bits per heavy atom. The Bertz CT molecular complexity index is 696. The summed E-state index contributed by atoms with van der Waals surface area (Å²) in [7, 11) is -3.61. The maximum Gasteiger partial charge on any atom is 0.246 e. The predicted octanol–water partition coefficient (Wildman–Crippen LogP) is 1.65. The van der Waals surface area contributed by atoms with Crippen molar-refractivity contribution in [2.75, 3.05) is 6.54 Å². The van der Waals surface area contributed by atoms with E-state index in [1.54, 1.807) is 38.4 Å². The van der Waals surface area contributed by atoms with Crippen LogP contribution in [0.15, 0.2) is 39.9 Å². The van der Waals surface area contributed by atoms with Crippen LogP contribution < -0.4 is 5.73 Å². The fourth-order valence-corrected chi connectivity index (χ4v) is 3.70. The van der Waals surface area contributed by atoms with Crippen molar-refractivity contribution in [2.45, 2.75) is 31.8 Å². The average molecular weight is 309 g/mol. The average Bonchev–Trinajstić information content (AvgIpc) is 2.87. The van der Waals surface area contributed by atoms with Crippen LogP contribution in [0.5, 0.6) is 0 Å². The lowest BCUT2D eigenvalue weighted by Crippen LogP contribution is -2.30. The highest BCUT2D eigenvalue weighted by molar-refractivity contribution is 7.89. The summed E-state index contributed by atoms with van der Waals surface area (Å²) in [4.78, 5) is 4.11. The number of furan rings is 1. The Morgan fingerprint density at radius 2 is 2.00 bits per heavy atom. The van der Waals surface area contributed by atoms with Crippen molar-refractivity contribution >= 4 is 10.0 Å². The fraction of sp³-hybridized carbons (Fsp3) is 0.357. The highest BCUT2D eigenvalue weighted by Gasteiger charge is 2.27. The van der Waals surface area contributed by atoms with Crippen molar-refractivity contribution < 1.29 is 12.8 Å². The van der Waals surface area contributed by atoms with Crippen LogP contribution in [0.3, 0.4) is 0 Å². The van der Waals surface area contributed by atoms with Gasteiger partial charge in [0, 0.05) is 31.5 Å². The molecule has 114 valence electrons. The summed E-state index contributed by atoms with van der Waals surface area (Å²) < 4.78 is 32.2. The summed E-state index contributed by atoms with van der Waals surface area (Å²) in [5, 5.41) is 0. The van der Waals surface area contributed by atoms with Gasteiger partial charge in [0.2, 0.25) is 10.0 Å². The zero-order chi connectivity index (χ0) is 15.5. The maximum absolute atomic E-state index is 12.7. The molecule has 0 unspecified atom stereocenters. The van der Waals surface area contributed by atoms with Crippen LogP contribution in [0.4, 0.5) is 0 Å². The zero-order valence-electron chi connectivity index (χ0n) is 12.1. The van der Waals surface area contributed by atoms with Crippen LogP contribution in [0, 0.1) is 6.92 Å². The van der Waals surface area contributed by atoms with Crippen LogP contribution in [0.1, 0.15) is 24.0 Å². The van der Waals surface area contributed by atoms with Crippen LogP contribution in [0.25, 0.3) is 0 Å². The molecule has 2 aromatic rings. The standard InChI is InChI=1S/C14H19N3O3S/c1-3-17(10-12-4-6-16-7-5-12)21(18,19)14-8-13(9-15)20-11(14)2/h4-8H,3,9-10,15H2,1-2H3. The van der Waals surface area contributed by atoms with E-state index in [2.05, 4.69) is 4.98 Å². The summed E-state index contributed by atoms with van der Waals surface area (Å²) in [6.45, 7) is 4.27. The number of nitrogens with two attached hydrogens (primary N) is 1. The molecule has 0 saturated heterocycles. The van der Waals surface area contributed by atoms with Crippen molar-refractivity contribution in [3.8, 4) is 0 Å². The third-order valence-electron chi connectivity index (χ3n) is 3.20. The van der Waals surface area contributed by atoms with Crippen molar-refractivity contribution in [1.29, 1.82) is 0 Å². The third kappa shape index (κ3) is 3.31. The molecule has 0 saturated carbocycles. The molecular formula is C14H19N3O3S. The van der Waals surface area contributed by atoms with E-state index in [-0.39, 0.29) is 11.4 Å². The molecule has 0 radical (unpaired) electrons. The normalized spacial score (nSPS) is 12.0. The van der Waals surface area contributed by atoms with E-state index >= 15 is 0 Å². The van der Waals surface area contributed by atoms with Crippen molar-refractivity contribution in [2.24, 2.45) is 5.73 Å². The lowest BCUT2D eigenvalue weighted by Gasteiger charge is -2.20. The molecule has 2 N–H and O–H groups in total.